The second-order valence-electron chi connectivity index (χ2n) is 5.88. The molecular formula is C18H27IN4O3. The van der Waals surface area contributed by atoms with Crippen molar-refractivity contribution in [1.29, 1.82) is 0 Å². The van der Waals surface area contributed by atoms with Gasteiger partial charge in [-0.05, 0) is 25.0 Å². The molecule has 1 fully saturated rings. The van der Waals surface area contributed by atoms with Crippen molar-refractivity contribution in [2.45, 2.75) is 12.8 Å². The van der Waals surface area contributed by atoms with Gasteiger partial charge in [-0.2, -0.15) is 0 Å². The summed E-state index contributed by atoms with van der Waals surface area (Å²) in [6.07, 6.45) is 1.52. The van der Waals surface area contributed by atoms with Crippen LogP contribution in [0, 0.1) is 5.92 Å². The van der Waals surface area contributed by atoms with Crippen LogP contribution in [0.1, 0.15) is 23.2 Å². The van der Waals surface area contributed by atoms with Crippen LogP contribution in [0.2, 0.25) is 0 Å². The van der Waals surface area contributed by atoms with Gasteiger partial charge in [-0.1, -0.05) is 18.2 Å². The van der Waals surface area contributed by atoms with Gasteiger partial charge in [-0.3, -0.25) is 14.6 Å². The molecule has 1 heterocycles. The highest BCUT2D eigenvalue weighted by atomic mass is 127. The van der Waals surface area contributed by atoms with Gasteiger partial charge in [0.15, 0.2) is 5.96 Å². The number of rotatable bonds is 5. The molecule has 1 aromatic rings. The van der Waals surface area contributed by atoms with Gasteiger partial charge < -0.3 is 20.3 Å². The number of likely N-dealkylation sites (tertiary alicyclic amines) is 1. The number of ether oxygens (including phenoxy) is 1. The van der Waals surface area contributed by atoms with Gasteiger partial charge in [0, 0.05) is 38.8 Å². The number of hydrogen-bond donors (Lipinski definition) is 2. The standard InChI is InChI=1S/C18H26N4O3.HI/c1-19-18(22-12-8-15(9-13-22)17(24)25-2)21-11-10-20-16(23)14-6-4-3-5-7-14;/h3-7,15H,8-13H2,1-2H3,(H,19,21)(H,20,23);1H. The molecule has 8 heteroatoms. The number of carbonyl (C=O) groups excluding carboxylic acids is 2. The third-order valence-corrected chi connectivity index (χ3v) is 4.27. The Kier molecular flexibility index (Phi) is 10.0. The molecule has 0 radical (unpaired) electrons. The summed E-state index contributed by atoms with van der Waals surface area (Å²) in [5, 5.41) is 6.12. The minimum Gasteiger partial charge on any atom is -0.469 e. The van der Waals surface area contributed by atoms with Crippen LogP contribution in [-0.2, 0) is 9.53 Å². The van der Waals surface area contributed by atoms with Gasteiger partial charge in [0.2, 0.25) is 0 Å². The number of methoxy groups -OCH3 is 1. The molecule has 1 aliphatic rings. The van der Waals surface area contributed by atoms with E-state index in [1.807, 2.05) is 18.2 Å². The van der Waals surface area contributed by atoms with E-state index in [0.29, 0.717) is 18.7 Å². The van der Waals surface area contributed by atoms with Gasteiger partial charge in [0.25, 0.3) is 5.91 Å². The summed E-state index contributed by atoms with van der Waals surface area (Å²) in [7, 11) is 3.16. The minimum atomic E-state index is -0.133. The first kappa shape index (κ1) is 22.2. The molecule has 0 atom stereocenters. The summed E-state index contributed by atoms with van der Waals surface area (Å²) in [5.74, 6) is 0.546. The van der Waals surface area contributed by atoms with Gasteiger partial charge in [0.05, 0.1) is 13.0 Å². The summed E-state index contributed by atoms with van der Waals surface area (Å²) in [4.78, 5) is 29.9. The predicted molar refractivity (Wildman–Crippen MR) is 112 cm³/mol. The smallest absolute Gasteiger partial charge is 0.308 e. The highest BCUT2D eigenvalue weighted by Gasteiger charge is 2.26. The number of halogens is 1. The molecule has 7 nitrogen and oxygen atoms in total. The number of piperidine rings is 1. The van der Waals surface area contributed by atoms with Crippen molar-refractivity contribution in [3.63, 3.8) is 0 Å². The predicted octanol–water partition coefficient (Wildman–Crippen LogP) is 1.49. The van der Waals surface area contributed by atoms with Crippen LogP contribution in [0.4, 0.5) is 0 Å². The SMILES string of the molecule is CN=C(NCCNC(=O)c1ccccc1)N1CCC(C(=O)OC)CC1.I. The lowest BCUT2D eigenvalue weighted by atomic mass is 9.97. The number of guanidine groups is 1. The molecule has 0 bridgehead atoms. The fourth-order valence-electron chi connectivity index (χ4n) is 2.87. The van der Waals surface area contributed by atoms with E-state index in [1.165, 1.54) is 7.11 Å². The van der Waals surface area contributed by atoms with E-state index >= 15 is 0 Å². The second kappa shape index (κ2) is 11.7. The van der Waals surface area contributed by atoms with E-state index in [4.69, 9.17) is 4.74 Å². The van der Waals surface area contributed by atoms with Crippen LogP contribution in [0.3, 0.4) is 0 Å². The number of benzene rings is 1. The molecule has 0 aliphatic carbocycles. The Hall–Kier alpha value is -1.84. The number of esters is 1. The topological polar surface area (TPSA) is 83.0 Å². The first-order valence-corrected chi connectivity index (χ1v) is 8.52. The zero-order valence-corrected chi connectivity index (χ0v) is 17.6. The van der Waals surface area contributed by atoms with Crippen LogP contribution in [-0.4, -0.2) is 63.1 Å². The van der Waals surface area contributed by atoms with Crippen LogP contribution >= 0.6 is 24.0 Å². The number of hydrogen-bond acceptors (Lipinski definition) is 4. The lowest BCUT2D eigenvalue weighted by Crippen LogP contribution is -2.48. The number of nitrogens with one attached hydrogen (secondary N) is 2. The van der Waals surface area contributed by atoms with Gasteiger partial charge in [-0.25, -0.2) is 0 Å². The lowest BCUT2D eigenvalue weighted by molar-refractivity contribution is -0.146. The van der Waals surface area contributed by atoms with Crippen molar-refractivity contribution in [2.24, 2.45) is 10.9 Å². The molecule has 1 aromatic carbocycles. The van der Waals surface area contributed by atoms with Crippen molar-refractivity contribution in [1.82, 2.24) is 15.5 Å². The van der Waals surface area contributed by atoms with E-state index < -0.39 is 0 Å². The van der Waals surface area contributed by atoms with Crippen LogP contribution < -0.4 is 10.6 Å². The van der Waals surface area contributed by atoms with Gasteiger partial charge in [0.1, 0.15) is 0 Å². The summed E-state index contributed by atoms with van der Waals surface area (Å²) in [5.41, 5.74) is 0.650. The molecule has 0 spiro atoms. The zero-order chi connectivity index (χ0) is 18.1. The molecule has 0 saturated carbocycles. The highest BCUT2D eigenvalue weighted by molar-refractivity contribution is 14.0. The third-order valence-electron chi connectivity index (χ3n) is 4.27. The largest absolute Gasteiger partial charge is 0.469 e. The van der Waals surface area contributed by atoms with Crippen molar-refractivity contribution >= 4 is 41.8 Å². The molecule has 1 amide bonds. The Morgan fingerprint density at radius 3 is 2.35 bits per heavy atom. The van der Waals surface area contributed by atoms with Crippen LogP contribution in [0.5, 0.6) is 0 Å². The maximum Gasteiger partial charge on any atom is 0.308 e. The third kappa shape index (κ3) is 6.47. The summed E-state index contributed by atoms with van der Waals surface area (Å²) in [6, 6.07) is 9.13. The molecule has 26 heavy (non-hydrogen) atoms. The van der Waals surface area contributed by atoms with Crippen molar-refractivity contribution in [3.05, 3.63) is 35.9 Å². The van der Waals surface area contributed by atoms with E-state index in [-0.39, 0.29) is 41.8 Å². The van der Waals surface area contributed by atoms with E-state index in [2.05, 4.69) is 20.5 Å². The quantitative estimate of drug-likeness (QED) is 0.222. The Morgan fingerprint density at radius 2 is 1.77 bits per heavy atom. The Morgan fingerprint density at radius 1 is 1.15 bits per heavy atom. The van der Waals surface area contributed by atoms with Gasteiger partial charge >= 0.3 is 5.97 Å². The summed E-state index contributed by atoms with van der Waals surface area (Å²) < 4.78 is 4.81. The molecule has 2 rings (SSSR count). The second-order valence-corrected chi connectivity index (χ2v) is 5.88. The number of carbonyl (C=O) groups is 2. The van der Waals surface area contributed by atoms with Gasteiger partial charge in [-0.15, -0.1) is 24.0 Å². The van der Waals surface area contributed by atoms with Crippen LogP contribution in [0.25, 0.3) is 0 Å². The Labute approximate surface area is 171 Å². The number of amides is 1. The van der Waals surface area contributed by atoms with E-state index in [0.717, 1.165) is 31.9 Å². The van der Waals surface area contributed by atoms with Crippen molar-refractivity contribution in [2.75, 3.05) is 40.3 Å². The number of nitrogens with zero attached hydrogens (tertiary/aromatic N) is 2. The summed E-state index contributed by atoms with van der Waals surface area (Å²) >= 11 is 0. The zero-order valence-electron chi connectivity index (χ0n) is 15.2. The Bertz CT molecular complexity index is 602. The van der Waals surface area contributed by atoms with E-state index in [9.17, 15) is 9.59 Å². The maximum atomic E-state index is 12.0. The highest BCUT2D eigenvalue weighted by Crippen LogP contribution is 2.18. The minimum absolute atomic E-state index is 0. The summed E-state index contributed by atoms with van der Waals surface area (Å²) in [6.45, 7) is 2.61. The average molecular weight is 474 g/mol. The molecule has 0 unspecified atom stereocenters. The van der Waals surface area contributed by atoms with Crippen LogP contribution in [0.15, 0.2) is 35.3 Å². The molecule has 0 aromatic heterocycles. The lowest BCUT2D eigenvalue weighted by Gasteiger charge is -2.33. The molecule has 1 saturated heterocycles. The van der Waals surface area contributed by atoms with E-state index in [1.54, 1.807) is 19.2 Å². The average Bonchev–Trinajstić information content (AvgIpc) is 2.68. The number of aliphatic imine (C=N–C) groups is 1. The maximum absolute atomic E-state index is 12.0. The first-order valence-electron chi connectivity index (χ1n) is 8.52. The molecule has 2 N–H and O–H groups in total. The van der Waals surface area contributed by atoms with Crippen molar-refractivity contribution < 1.29 is 14.3 Å². The monoisotopic (exact) mass is 474 g/mol. The molecule has 144 valence electrons. The van der Waals surface area contributed by atoms with Crippen molar-refractivity contribution in [3.8, 4) is 0 Å². The normalized spacial score (nSPS) is 15.0. The fourth-order valence-corrected chi connectivity index (χ4v) is 2.87. The first-order chi connectivity index (χ1) is 12.2. The molecular weight excluding hydrogens is 447 g/mol. The Balaban J connectivity index is 0.00000338. The molecule has 1 aliphatic heterocycles. The fraction of sp³-hybridized carbons (Fsp3) is 0.500.